The summed E-state index contributed by atoms with van der Waals surface area (Å²) in [5.41, 5.74) is 0.635. The number of alkyl halides is 3. The molecule has 2 aromatic rings. The van der Waals surface area contributed by atoms with Crippen molar-refractivity contribution in [1.82, 2.24) is 10.3 Å². The highest BCUT2D eigenvalue weighted by atomic mass is 19.4. The number of aromatic nitrogens is 1. The number of nitrogens with zero attached hydrogens (tertiary/aromatic N) is 1. The van der Waals surface area contributed by atoms with Crippen molar-refractivity contribution in [2.24, 2.45) is 0 Å². The zero-order valence-corrected chi connectivity index (χ0v) is 19.9. The monoisotopic (exact) mass is 485 g/mol. The number of benzene rings is 1. The molecule has 8 nitrogen and oxygen atoms in total. The van der Waals surface area contributed by atoms with Crippen molar-refractivity contribution < 1.29 is 37.0 Å². The number of anilines is 1. The van der Waals surface area contributed by atoms with Crippen molar-refractivity contribution in [1.29, 1.82) is 0 Å². The van der Waals surface area contributed by atoms with Gasteiger partial charge in [0.15, 0.2) is 0 Å². The van der Waals surface area contributed by atoms with Gasteiger partial charge in [0.2, 0.25) is 5.88 Å². The van der Waals surface area contributed by atoms with E-state index in [1.165, 1.54) is 19.1 Å². The second-order valence-electron chi connectivity index (χ2n) is 8.01. The maximum atomic E-state index is 12.3. The van der Waals surface area contributed by atoms with E-state index in [0.717, 1.165) is 5.69 Å². The Labute approximate surface area is 196 Å². The van der Waals surface area contributed by atoms with E-state index in [-0.39, 0.29) is 17.4 Å². The lowest BCUT2D eigenvalue weighted by Gasteiger charge is -2.20. The number of nitrogens with one attached hydrogen (secondary N) is 2. The Bertz CT molecular complexity index is 929. The minimum atomic E-state index is -4.74. The molecule has 0 aliphatic carbocycles. The molecule has 1 amide bonds. The van der Waals surface area contributed by atoms with Crippen LogP contribution in [-0.2, 0) is 9.53 Å². The van der Waals surface area contributed by atoms with E-state index < -0.39 is 24.1 Å². The topological polar surface area (TPSA) is 98.8 Å². The first-order chi connectivity index (χ1) is 15.8. The Kier molecular flexibility index (Phi) is 10.6. The summed E-state index contributed by atoms with van der Waals surface area (Å²) in [6.45, 7) is 8.65. The summed E-state index contributed by atoms with van der Waals surface area (Å²) in [5.74, 6) is 0.187. The van der Waals surface area contributed by atoms with Crippen LogP contribution in [0.25, 0.3) is 0 Å². The number of alkyl carbamates (subject to hydrolysis) is 1. The summed E-state index contributed by atoms with van der Waals surface area (Å²) < 4.78 is 51.1. The predicted molar refractivity (Wildman–Crippen MR) is 121 cm³/mol. The molecule has 1 heterocycles. The quantitative estimate of drug-likeness (QED) is 0.492. The van der Waals surface area contributed by atoms with E-state index in [4.69, 9.17) is 9.47 Å². The molecule has 0 aliphatic heterocycles. The van der Waals surface area contributed by atoms with Crippen molar-refractivity contribution in [2.45, 2.75) is 59.0 Å². The molecule has 1 unspecified atom stereocenters. The zero-order valence-electron chi connectivity index (χ0n) is 19.9. The van der Waals surface area contributed by atoms with Crippen molar-refractivity contribution in [3.05, 3.63) is 42.1 Å². The summed E-state index contributed by atoms with van der Waals surface area (Å²) >= 11 is 0. The van der Waals surface area contributed by atoms with Gasteiger partial charge in [0, 0.05) is 19.2 Å². The fourth-order valence-corrected chi connectivity index (χ4v) is 2.28. The summed E-state index contributed by atoms with van der Waals surface area (Å²) in [6, 6.07) is 7.11. The number of aryl methyl sites for hydroxylation is 1. The summed E-state index contributed by atoms with van der Waals surface area (Å²) in [4.78, 5) is 25.5. The Morgan fingerprint density at radius 2 is 1.85 bits per heavy atom. The van der Waals surface area contributed by atoms with Crippen LogP contribution in [0.1, 0.15) is 39.7 Å². The molecule has 0 saturated heterocycles. The number of pyridine rings is 1. The molecule has 1 aromatic heterocycles. The van der Waals surface area contributed by atoms with E-state index >= 15 is 0 Å². The Morgan fingerprint density at radius 1 is 1.18 bits per heavy atom. The van der Waals surface area contributed by atoms with Crippen LogP contribution in [0.2, 0.25) is 0 Å². The average molecular weight is 486 g/mol. The van der Waals surface area contributed by atoms with Gasteiger partial charge in [-0.1, -0.05) is 13.0 Å². The first-order valence-corrected chi connectivity index (χ1v) is 10.4. The number of ether oxygens (including phenoxy) is 3. The molecule has 11 heteroatoms. The lowest BCUT2D eigenvalue weighted by molar-refractivity contribution is -0.274. The average Bonchev–Trinajstić information content (AvgIpc) is 2.73. The smallest absolute Gasteiger partial charge is 0.444 e. The summed E-state index contributed by atoms with van der Waals surface area (Å²) in [5, 5.41) is 5.34. The van der Waals surface area contributed by atoms with E-state index in [0.29, 0.717) is 18.3 Å². The SMILES string of the molecule is CCC(C=O)NC(=O)OC(C)(C)C.CNc1ccc(Oc2ccc(C)c(OC(F)(F)F)c2)nc1. The second kappa shape index (κ2) is 12.7. The fourth-order valence-electron chi connectivity index (χ4n) is 2.28. The third kappa shape index (κ3) is 11.4. The van der Waals surface area contributed by atoms with Gasteiger partial charge in [0.25, 0.3) is 0 Å². The molecule has 0 aliphatic rings. The number of carbonyl (C=O) groups is 2. The van der Waals surface area contributed by atoms with Gasteiger partial charge in [-0.05, 0) is 51.8 Å². The van der Waals surface area contributed by atoms with Gasteiger partial charge in [-0.3, -0.25) is 0 Å². The van der Waals surface area contributed by atoms with Crippen molar-refractivity contribution >= 4 is 18.1 Å². The zero-order chi connectivity index (χ0) is 25.9. The number of carbonyl (C=O) groups excluding carboxylic acids is 2. The normalized spacial score (nSPS) is 11.9. The van der Waals surface area contributed by atoms with E-state index in [2.05, 4.69) is 20.4 Å². The minimum absolute atomic E-state index is 0.213. The maximum absolute atomic E-state index is 12.3. The second-order valence-corrected chi connectivity index (χ2v) is 8.01. The maximum Gasteiger partial charge on any atom is 0.573 e. The van der Waals surface area contributed by atoms with Crippen LogP contribution < -0.4 is 20.1 Å². The van der Waals surface area contributed by atoms with Gasteiger partial charge in [-0.25, -0.2) is 9.78 Å². The molecule has 2 rings (SSSR count). The lowest BCUT2D eigenvalue weighted by Crippen LogP contribution is -2.39. The predicted octanol–water partition coefficient (Wildman–Crippen LogP) is 5.61. The number of rotatable bonds is 7. The van der Waals surface area contributed by atoms with Crippen LogP contribution in [0.5, 0.6) is 17.4 Å². The van der Waals surface area contributed by atoms with Crippen LogP contribution in [0, 0.1) is 6.92 Å². The molecule has 34 heavy (non-hydrogen) atoms. The first-order valence-electron chi connectivity index (χ1n) is 10.4. The van der Waals surface area contributed by atoms with E-state index in [1.54, 1.807) is 52.2 Å². The molecule has 0 saturated carbocycles. The van der Waals surface area contributed by atoms with Gasteiger partial charge in [-0.2, -0.15) is 0 Å². The number of hydrogen-bond acceptors (Lipinski definition) is 7. The molecule has 188 valence electrons. The van der Waals surface area contributed by atoms with Gasteiger partial charge >= 0.3 is 12.5 Å². The highest BCUT2D eigenvalue weighted by molar-refractivity contribution is 5.73. The van der Waals surface area contributed by atoms with E-state index in [9.17, 15) is 22.8 Å². The van der Waals surface area contributed by atoms with Gasteiger partial charge in [0.1, 0.15) is 23.4 Å². The standard InChI is InChI=1S/C14H13F3N2O2.C9H17NO3/c1-9-3-5-11(7-12(9)21-14(15,16)17)20-13-6-4-10(18-2)8-19-13;1-5-7(6-11)10-8(12)13-9(2,3)4/h3-8,18H,1-2H3;6-7H,5H2,1-4H3,(H,10,12). The molecule has 0 bridgehead atoms. The summed E-state index contributed by atoms with van der Waals surface area (Å²) in [7, 11) is 1.75. The van der Waals surface area contributed by atoms with Gasteiger partial charge in [0.05, 0.1) is 17.9 Å². The molecular formula is C23H30F3N3O5. The first kappa shape index (κ1) is 28.5. The molecule has 0 fully saturated rings. The van der Waals surface area contributed by atoms with Crippen molar-refractivity contribution in [3.63, 3.8) is 0 Å². The number of amides is 1. The third-order valence-electron chi connectivity index (χ3n) is 3.94. The largest absolute Gasteiger partial charge is 0.573 e. The molecule has 1 aromatic carbocycles. The van der Waals surface area contributed by atoms with Crippen LogP contribution in [-0.4, -0.2) is 42.4 Å². The van der Waals surface area contributed by atoms with Crippen LogP contribution in [0.3, 0.4) is 0 Å². The Morgan fingerprint density at radius 3 is 2.32 bits per heavy atom. The molecule has 0 radical (unpaired) electrons. The number of aldehydes is 1. The molecule has 1 atom stereocenters. The molecular weight excluding hydrogens is 455 g/mol. The van der Waals surface area contributed by atoms with Crippen LogP contribution in [0.4, 0.5) is 23.7 Å². The van der Waals surface area contributed by atoms with E-state index in [1.807, 2.05) is 6.92 Å². The van der Waals surface area contributed by atoms with Gasteiger partial charge in [-0.15, -0.1) is 13.2 Å². The van der Waals surface area contributed by atoms with Crippen molar-refractivity contribution in [3.8, 4) is 17.4 Å². The summed E-state index contributed by atoms with van der Waals surface area (Å²) in [6.07, 6.45) is -2.47. The third-order valence-corrected chi connectivity index (χ3v) is 3.94. The number of hydrogen-bond donors (Lipinski definition) is 2. The van der Waals surface area contributed by atoms with Crippen LogP contribution in [0.15, 0.2) is 36.5 Å². The lowest BCUT2D eigenvalue weighted by atomic mass is 10.2. The van der Waals surface area contributed by atoms with Crippen LogP contribution >= 0.6 is 0 Å². The highest BCUT2D eigenvalue weighted by Gasteiger charge is 2.32. The Hall–Kier alpha value is -3.50. The fraction of sp³-hybridized carbons (Fsp3) is 0.435. The van der Waals surface area contributed by atoms with Crippen molar-refractivity contribution in [2.75, 3.05) is 12.4 Å². The Balaban J connectivity index is 0.000000385. The number of halogens is 3. The van der Waals surface area contributed by atoms with Gasteiger partial charge < -0.3 is 29.6 Å². The minimum Gasteiger partial charge on any atom is -0.444 e. The molecule has 2 N–H and O–H groups in total. The molecule has 0 spiro atoms. The highest BCUT2D eigenvalue weighted by Crippen LogP contribution is 2.31.